The summed E-state index contributed by atoms with van der Waals surface area (Å²) in [6.07, 6.45) is -3.06. The maximum absolute atomic E-state index is 15.3. The van der Waals surface area contributed by atoms with Gasteiger partial charge in [0, 0.05) is 0 Å². The molecule has 3 aromatic carbocycles. The second kappa shape index (κ2) is 9.79. The maximum Gasteiger partial charge on any atom is 0.159 e. The lowest BCUT2D eigenvalue weighted by Crippen LogP contribution is -2.34. The predicted octanol–water partition coefficient (Wildman–Crippen LogP) is 5.27. The second-order valence-electron chi connectivity index (χ2n) is 7.21. The molecule has 1 aliphatic heterocycles. The molecule has 3 nitrogen and oxygen atoms in total. The highest BCUT2D eigenvalue weighted by atomic mass is 19.1. The lowest BCUT2D eigenvalue weighted by molar-refractivity contribution is -0.0737. The van der Waals surface area contributed by atoms with E-state index in [-0.39, 0.29) is 6.61 Å². The van der Waals surface area contributed by atoms with Crippen molar-refractivity contribution in [1.82, 2.24) is 0 Å². The predicted molar refractivity (Wildman–Crippen MR) is 110 cm³/mol. The van der Waals surface area contributed by atoms with E-state index in [0.29, 0.717) is 13.2 Å². The van der Waals surface area contributed by atoms with E-state index in [1.54, 1.807) is 0 Å². The molecule has 4 rings (SSSR count). The lowest BCUT2D eigenvalue weighted by atomic mass is 10.0. The Balaban J connectivity index is 1.43. The van der Waals surface area contributed by atoms with Crippen LogP contribution in [-0.4, -0.2) is 25.0 Å². The van der Waals surface area contributed by atoms with Crippen molar-refractivity contribution in [2.24, 2.45) is 0 Å². The van der Waals surface area contributed by atoms with E-state index < -0.39 is 24.5 Å². The zero-order valence-electron chi connectivity index (χ0n) is 16.2. The zero-order chi connectivity index (χ0) is 19.9. The number of halogens is 1. The molecule has 1 fully saturated rings. The Labute approximate surface area is 171 Å². The number of rotatable bonds is 8. The molecule has 0 amide bonds. The summed E-state index contributed by atoms with van der Waals surface area (Å²) in [6.45, 7) is 1.07. The van der Waals surface area contributed by atoms with E-state index in [0.717, 1.165) is 16.7 Å². The first-order chi connectivity index (χ1) is 14.3. The Kier molecular flexibility index (Phi) is 6.67. The topological polar surface area (TPSA) is 27.7 Å². The normalized spacial score (nSPS) is 23.9. The van der Waals surface area contributed by atoms with Crippen molar-refractivity contribution in [2.45, 2.75) is 37.7 Å². The van der Waals surface area contributed by atoms with Gasteiger partial charge < -0.3 is 14.2 Å². The second-order valence-corrected chi connectivity index (χ2v) is 7.21. The van der Waals surface area contributed by atoms with E-state index in [4.69, 9.17) is 14.2 Å². The van der Waals surface area contributed by atoms with Crippen LogP contribution in [0.4, 0.5) is 4.39 Å². The molecule has 1 saturated heterocycles. The van der Waals surface area contributed by atoms with E-state index in [1.807, 2.05) is 91.0 Å². The van der Waals surface area contributed by atoms with Gasteiger partial charge in [-0.05, 0) is 16.7 Å². The van der Waals surface area contributed by atoms with Crippen molar-refractivity contribution in [3.8, 4) is 0 Å². The van der Waals surface area contributed by atoms with Crippen molar-refractivity contribution in [1.29, 1.82) is 0 Å². The molecule has 0 saturated carbocycles. The van der Waals surface area contributed by atoms with E-state index in [1.165, 1.54) is 0 Å². The highest BCUT2D eigenvalue weighted by Gasteiger charge is 2.46. The molecule has 1 aliphatic rings. The average Bonchev–Trinajstić information content (AvgIpc) is 3.09. The first-order valence-corrected chi connectivity index (χ1v) is 9.93. The van der Waals surface area contributed by atoms with Crippen LogP contribution in [-0.2, 0) is 27.4 Å². The van der Waals surface area contributed by atoms with Crippen molar-refractivity contribution in [3.63, 3.8) is 0 Å². The van der Waals surface area contributed by atoms with Crippen LogP contribution in [0.15, 0.2) is 91.0 Å². The molecule has 0 unspecified atom stereocenters. The van der Waals surface area contributed by atoms with Gasteiger partial charge in [0.05, 0.1) is 19.8 Å². The summed E-state index contributed by atoms with van der Waals surface area (Å²) in [5, 5.41) is 0. The molecular weight excluding hydrogens is 367 g/mol. The molecule has 4 heteroatoms. The third-order valence-electron chi connectivity index (χ3n) is 5.10. The molecule has 0 bridgehead atoms. The summed E-state index contributed by atoms with van der Waals surface area (Å²) in [5.74, 6) is 0. The minimum absolute atomic E-state index is 0.276. The smallest absolute Gasteiger partial charge is 0.159 e. The van der Waals surface area contributed by atoms with E-state index in [2.05, 4.69) is 0 Å². The number of hydrogen-bond acceptors (Lipinski definition) is 3. The van der Waals surface area contributed by atoms with Crippen LogP contribution < -0.4 is 0 Å². The standard InChI is InChI=1S/C25H25FO3/c26-23-24(21-14-8-3-9-15-21)29-22(18-27-16-19-10-4-1-5-11-19)25(23)28-17-20-12-6-2-7-13-20/h1-15,22-25H,16-18H2/t22-,23+,24+,25-/m1/s1. The Morgan fingerprint density at radius 1 is 0.724 bits per heavy atom. The van der Waals surface area contributed by atoms with Gasteiger partial charge in [0.1, 0.15) is 18.3 Å². The molecular formula is C25H25FO3. The highest BCUT2D eigenvalue weighted by molar-refractivity contribution is 5.21. The number of benzene rings is 3. The van der Waals surface area contributed by atoms with Crippen LogP contribution >= 0.6 is 0 Å². The summed E-state index contributed by atoms with van der Waals surface area (Å²) < 4.78 is 33.2. The molecule has 0 aromatic heterocycles. The number of alkyl halides is 1. The fourth-order valence-corrected chi connectivity index (χ4v) is 3.59. The first kappa shape index (κ1) is 19.8. The van der Waals surface area contributed by atoms with Crippen molar-refractivity contribution >= 4 is 0 Å². The molecule has 0 spiro atoms. The largest absolute Gasteiger partial charge is 0.374 e. The number of ether oxygens (including phenoxy) is 3. The molecule has 1 heterocycles. The summed E-state index contributed by atoms with van der Waals surface area (Å²) in [5.41, 5.74) is 2.90. The third-order valence-corrected chi connectivity index (χ3v) is 5.10. The molecule has 4 atom stereocenters. The number of hydrogen-bond donors (Lipinski definition) is 0. The fourth-order valence-electron chi connectivity index (χ4n) is 3.59. The van der Waals surface area contributed by atoms with Gasteiger partial charge in [0.25, 0.3) is 0 Å². The molecule has 0 radical (unpaired) electrons. The van der Waals surface area contributed by atoms with Gasteiger partial charge in [-0.25, -0.2) is 4.39 Å². The SMILES string of the molecule is F[C@@H]1[C@H](OCc2ccccc2)[C@@H](COCc2ccccc2)O[C@H]1c1ccccc1. The fraction of sp³-hybridized carbons (Fsp3) is 0.280. The first-order valence-electron chi connectivity index (χ1n) is 9.93. The van der Waals surface area contributed by atoms with Gasteiger partial charge in [0.2, 0.25) is 0 Å². The summed E-state index contributed by atoms with van der Waals surface area (Å²) in [4.78, 5) is 0. The van der Waals surface area contributed by atoms with Crippen molar-refractivity contribution in [2.75, 3.05) is 6.61 Å². The van der Waals surface area contributed by atoms with Gasteiger partial charge in [-0.1, -0.05) is 91.0 Å². The van der Waals surface area contributed by atoms with Crippen molar-refractivity contribution < 1.29 is 18.6 Å². The van der Waals surface area contributed by atoms with E-state index >= 15 is 4.39 Å². The zero-order valence-corrected chi connectivity index (χ0v) is 16.2. The van der Waals surface area contributed by atoms with Crippen LogP contribution in [0.1, 0.15) is 22.8 Å². The molecule has 29 heavy (non-hydrogen) atoms. The molecule has 3 aromatic rings. The van der Waals surface area contributed by atoms with Crippen LogP contribution in [0.3, 0.4) is 0 Å². The summed E-state index contributed by atoms with van der Waals surface area (Å²) >= 11 is 0. The molecule has 150 valence electrons. The minimum atomic E-state index is -1.26. The Hall–Kier alpha value is -2.53. The Morgan fingerprint density at radius 3 is 1.90 bits per heavy atom. The van der Waals surface area contributed by atoms with Crippen LogP contribution in [0.25, 0.3) is 0 Å². The van der Waals surface area contributed by atoms with Crippen LogP contribution in [0.2, 0.25) is 0 Å². The quantitative estimate of drug-likeness (QED) is 0.523. The van der Waals surface area contributed by atoms with Gasteiger partial charge in [0.15, 0.2) is 6.17 Å². The monoisotopic (exact) mass is 392 g/mol. The van der Waals surface area contributed by atoms with Crippen LogP contribution in [0.5, 0.6) is 0 Å². The highest BCUT2D eigenvalue weighted by Crippen LogP contribution is 2.37. The summed E-state index contributed by atoms with van der Waals surface area (Å²) in [6, 6.07) is 29.2. The van der Waals surface area contributed by atoms with Crippen molar-refractivity contribution in [3.05, 3.63) is 108 Å². The maximum atomic E-state index is 15.3. The van der Waals surface area contributed by atoms with Crippen LogP contribution in [0, 0.1) is 0 Å². The third kappa shape index (κ3) is 5.10. The van der Waals surface area contributed by atoms with E-state index in [9.17, 15) is 0 Å². The summed E-state index contributed by atoms with van der Waals surface area (Å²) in [7, 11) is 0. The molecule has 0 aliphatic carbocycles. The van der Waals surface area contributed by atoms with Gasteiger partial charge in [-0.2, -0.15) is 0 Å². The lowest BCUT2D eigenvalue weighted by Gasteiger charge is -2.20. The average molecular weight is 392 g/mol. The van der Waals surface area contributed by atoms with Gasteiger partial charge >= 0.3 is 0 Å². The van der Waals surface area contributed by atoms with Gasteiger partial charge in [-0.15, -0.1) is 0 Å². The Bertz CT molecular complexity index is 857. The Morgan fingerprint density at radius 2 is 1.28 bits per heavy atom. The molecule has 0 N–H and O–H groups in total. The minimum Gasteiger partial charge on any atom is -0.374 e. The van der Waals surface area contributed by atoms with Gasteiger partial charge in [-0.3, -0.25) is 0 Å².